The van der Waals surface area contributed by atoms with Crippen LogP contribution in [0.1, 0.15) is 21.9 Å². The summed E-state index contributed by atoms with van der Waals surface area (Å²) < 4.78 is 8.44. The Balaban J connectivity index is 2.11. The van der Waals surface area contributed by atoms with Crippen molar-refractivity contribution >= 4 is 23.3 Å². The highest BCUT2D eigenvalue weighted by molar-refractivity contribution is 6.31. The lowest BCUT2D eigenvalue weighted by atomic mass is 10.3. The first kappa shape index (κ1) is 13.5. The molecule has 0 aliphatic rings. The van der Waals surface area contributed by atoms with Gasteiger partial charge in [-0.15, -0.1) is 0 Å². The third-order valence-corrected chi connectivity index (χ3v) is 3.33. The van der Waals surface area contributed by atoms with Crippen LogP contribution in [0.3, 0.4) is 0 Å². The maximum atomic E-state index is 11.9. The van der Waals surface area contributed by atoms with Gasteiger partial charge in [0, 0.05) is 20.3 Å². The largest absolute Gasteiger partial charge is 0.454 e. The van der Waals surface area contributed by atoms with Crippen LogP contribution in [-0.4, -0.2) is 20.3 Å². The van der Waals surface area contributed by atoms with Crippen molar-refractivity contribution < 1.29 is 9.53 Å². The van der Waals surface area contributed by atoms with E-state index in [4.69, 9.17) is 22.1 Å². The van der Waals surface area contributed by atoms with Gasteiger partial charge in [-0.1, -0.05) is 11.6 Å². The summed E-state index contributed by atoms with van der Waals surface area (Å²) >= 11 is 6.08. The molecule has 0 unspecified atom stereocenters. The van der Waals surface area contributed by atoms with Crippen LogP contribution >= 0.6 is 11.6 Å². The SMILES string of the molecule is Cc1nn(C)c(COC(=O)c2cc(N)cn2C)c1Cl. The van der Waals surface area contributed by atoms with Crippen molar-refractivity contribution in [1.29, 1.82) is 0 Å². The van der Waals surface area contributed by atoms with Crippen LogP contribution in [0.5, 0.6) is 0 Å². The van der Waals surface area contributed by atoms with Gasteiger partial charge in [0.15, 0.2) is 0 Å². The number of carbonyl (C=O) groups excluding carboxylic acids is 1. The van der Waals surface area contributed by atoms with Gasteiger partial charge in [-0.3, -0.25) is 4.68 Å². The summed E-state index contributed by atoms with van der Waals surface area (Å²) in [6.07, 6.45) is 1.65. The number of hydrogen-bond donors (Lipinski definition) is 1. The lowest BCUT2D eigenvalue weighted by Gasteiger charge is -2.06. The number of anilines is 1. The summed E-state index contributed by atoms with van der Waals surface area (Å²) in [5, 5.41) is 4.67. The second-order valence-electron chi connectivity index (χ2n) is 4.32. The van der Waals surface area contributed by atoms with Gasteiger partial charge in [0.05, 0.1) is 22.1 Å². The molecule has 2 aromatic rings. The predicted octanol–water partition coefficient (Wildman–Crippen LogP) is 1.66. The Hall–Kier alpha value is -1.95. The van der Waals surface area contributed by atoms with Crippen LogP contribution in [-0.2, 0) is 25.4 Å². The first-order valence-electron chi connectivity index (χ1n) is 5.67. The molecule has 0 atom stereocenters. The normalized spacial score (nSPS) is 10.7. The van der Waals surface area contributed by atoms with Gasteiger partial charge in [0.25, 0.3) is 0 Å². The van der Waals surface area contributed by atoms with Crippen molar-refractivity contribution in [1.82, 2.24) is 14.3 Å². The number of rotatable bonds is 3. The highest BCUT2D eigenvalue weighted by Gasteiger charge is 2.16. The number of nitrogens with two attached hydrogens (primary N) is 1. The number of aromatic nitrogens is 3. The molecule has 0 aromatic carbocycles. The first-order valence-corrected chi connectivity index (χ1v) is 6.05. The molecule has 0 aliphatic carbocycles. The molecule has 2 N–H and O–H groups in total. The van der Waals surface area contributed by atoms with Crippen LogP contribution in [0.4, 0.5) is 5.69 Å². The van der Waals surface area contributed by atoms with E-state index >= 15 is 0 Å². The van der Waals surface area contributed by atoms with Gasteiger partial charge in [-0.05, 0) is 13.0 Å². The number of carbonyl (C=O) groups is 1. The Morgan fingerprint density at radius 3 is 2.68 bits per heavy atom. The number of aryl methyl sites for hydroxylation is 3. The van der Waals surface area contributed by atoms with Crippen LogP contribution in [0, 0.1) is 6.92 Å². The maximum Gasteiger partial charge on any atom is 0.355 e. The van der Waals surface area contributed by atoms with Crippen LogP contribution in [0.25, 0.3) is 0 Å². The maximum absolute atomic E-state index is 11.9. The fraction of sp³-hybridized carbons (Fsp3) is 0.333. The number of nitrogens with zero attached hydrogens (tertiary/aromatic N) is 3. The van der Waals surface area contributed by atoms with E-state index in [-0.39, 0.29) is 6.61 Å². The molecule has 0 amide bonds. The molecule has 2 rings (SSSR count). The number of nitrogen functional groups attached to an aromatic ring is 1. The number of hydrogen-bond acceptors (Lipinski definition) is 4. The molecular formula is C12H15ClN4O2. The Morgan fingerprint density at radius 2 is 2.21 bits per heavy atom. The van der Waals surface area contributed by atoms with Crippen LogP contribution in [0.2, 0.25) is 5.02 Å². The van der Waals surface area contributed by atoms with E-state index in [2.05, 4.69) is 5.10 Å². The molecule has 0 fully saturated rings. The van der Waals surface area contributed by atoms with Gasteiger partial charge in [0.2, 0.25) is 0 Å². The minimum absolute atomic E-state index is 0.0695. The van der Waals surface area contributed by atoms with E-state index in [1.165, 1.54) is 0 Å². The molecule has 0 saturated carbocycles. The van der Waals surface area contributed by atoms with Crippen molar-refractivity contribution in [3.63, 3.8) is 0 Å². The van der Waals surface area contributed by atoms with Gasteiger partial charge in [-0.2, -0.15) is 5.10 Å². The minimum Gasteiger partial charge on any atom is -0.454 e. The van der Waals surface area contributed by atoms with Crippen LogP contribution in [0.15, 0.2) is 12.3 Å². The second-order valence-corrected chi connectivity index (χ2v) is 4.69. The number of ether oxygens (including phenoxy) is 1. The lowest BCUT2D eigenvalue weighted by Crippen LogP contribution is -2.11. The lowest BCUT2D eigenvalue weighted by molar-refractivity contribution is 0.0452. The van der Waals surface area contributed by atoms with Gasteiger partial charge < -0.3 is 15.0 Å². The van der Waals surface area contributed by atoms with Gasteiger partial charge in [-0.25, -0.2) is 4.79 Å². The zero-order valence-corrected chi connectivity index (χ0v) is 11.7. The first-order chi connectivity index (χ1) is 8.90. The summed E-state index contributed by atoms with van der Waals surface area (Å²) in [5.74, 6) is -0.450. The number of halogens is 1. The summed E-state index contributed by atoms with van der Waals surface area (Å²) in [7, 11) is 3.48. The van der Waals surface area contributed by atoms with Crippen molar-refractivity contribution in [3.05, 3.63) is 34.4 Å². The average molecular weight is 283 g/mol. The fourth-order valence-electron chi connectivity index (χ4n) is 1.84. The Morgan fingerprint density at radius 1 is 1.53 bits per heavy atom. The van der Waals surface area contributed by atoms with Crippen molar-refractivity contribution in [2.24, 2.45) is 14.1 Å². The fourth-order valence-corrected chi connectivity index (χ4v) is 2.05. The molecule has 0 radical (unpaired) electrons. The molecule has 19 heavy (non-hydrogen) atoms. The average Bonchev–Trinajstić information content (AvgIpc) is 2.78. The molecule has 0 spiro atoms. The standard InChI is InChI=1S/C12H15ClN4O2/c1-7-11(13)10(17(3)15-7)6-19-12(18)9-4-8(14)5-16(9)2/h4-5H,6,14H2,1-3H3. The van der Waals surface area contributed by atoms with E-state index in [1.54, 1.807) is 42.5 Å². The summed E-state index contributed by atoms with van der Waals surface area (Å²) in [6, 6.07) is 1.57. The monoisotopic (exact) mass is 282 g/mol. The van der Waals surface area contributed by atoms with Gasteiger partial charge in [0.1, 0.15) is 12.3 Å². The van der Waals surface area contributed by atoms with Crippen molar-refractivity contribution in [3.8, 4) is 0 Å². The Kier molecular flexibility index (Phi) is 3.53. The molecule has 2 heterocycles. The van der Waals surface area contributed by atoms with Gasteiger partial charge >= 0.3 is 5.97 Å². The van der Waals surface area contributed by atoms with Crippen molar-refractivity contribution in [2.75, 3.05) is 5.73 Å². The summed E-state index contributed by atoms with van der Waals surface area (Å²) in [6.45, 7) is 1.87. The molecular weight excluding hydrogens is 268 g/mol. The molecule has 7 heteroatoms. The Labute approximate surface area is 115 Å². The second kappa shape index (κ2) is 4.97. The molecule has 2 aromatic heterocycles. The minimum atomic E-state index is -0.450. The van der Waals surface area contributed by atoms with Crippen LogP contribution < -0.4 is 5.73 Å². The third kappa shape index (κ3) is 2.58. The smallest absolute Gasteiger partial charge is 0.355 e. The number of esters is 1. The zero-order valence-electron chi connectivity index (χ0n) is 11.0. The Bertz CT molecular complexity index is 630. The summed E-state index contributed by atoms with van der Waals surface area (Å²) in [5.41, 5.74) is 7.89. The third-order valence-electron chi connectivity index (χ3n) is 2.84. The molecule has 6 nitrogen and oxygen atoms in total. The summed E-state index contributed by atoms with van der Waals surface area (Å²) in [4.78, 5) is 11.9. The highest BCUT2D eigenvalue weighted by Crippen LogP contribution is 2.20. The molecule has 0 aliphatic heterocycles. The van der Waals surface area contributed by atoms with E-state index < -0.39 is 5.97 Å². The highest BCUT2D eigenvalue weighted by atomic mass is 35.5. The quantitative estimate of drug-likeness (QED) is 0.869. The van der Waals surface area contributed by atoms with E-state index in [1.807, 2.05) is 0 Å². The van der Waals surface area contributed by atoms with E-state index in [0.29, 0.717) is 27.8 Å². The molecule has 0 saturated heterocycles. The van der Waals surface area contributed by atoms with E-state index in [9.17, 15) is 4.79 Å². The predicted molar refractivity (Wildman–Crippen MR) is 71.9 cm³/mol. The zero-order chi connectivity index (χ0) is 14.2. The topological polar surface area (TPSA) is 75.1 Å². The van der Waals surface area contributed by atoms with E-state index in [0.717, 1.165) is 0 Å². The molecule has 102 valence electrons. The van der Waals surface area contributed by atoms with Crippen molar-refractivity contribution in [2.45, 2.75) is 13.5 Å². The molecule has 0 bridgehead atoms.